The fourth-order valence-electron chi connectivity index (χ4n) is 1.65. The van der Waals surface area contributed by atoms with Crippen LogP contribution in [0.25, 0.3) is 10.9 Å². The van der Waals surface area contributed by atoms with Gasteiger partial charge in [-0.05, 0) is 28.9 Å². The van der Waals surface area contributed by atoms with Gasteiger partial charge in [-0.1, -0.05) is 0 Å². The molecule has 0 saturated heterocycles. The molecule has 2 N–H and O–H groups in total. The monoisotopic (exact) mass is 310 g/mol. The molecule has 0 atom stereocenters. The number of rotatable bonds is 2. The van der Waals surface area contributed by atoms with E-state index < -0.39 is 0 Å². The topological polar surface area (TPSA) is 69.1 Å². The Bertz CT molecular complexity index is 628. The molecule has 2 rings (SSSR count). The van der Waals surface area contributed by atoms with Crippen molar-refractivity contribution >= 4 is 38.6 Å². The standard InChI is InChI=1S/C12H12BrN3O2/c1-3-18-12(17)7-4-8-9(13)6-16(2)11(14)10(8)15-5-7/h4-6,14H,3H2,1-2H3/p+1. The summed E-state index contributed by atoms with van der Waals surface area (Å²) < 4.78 is 7.53. The number of aromatic nitrogens is 2. The smallest absolute Gasteiger partial charge is 0.339 e. The first-order chi connectivity index (χ1) is 8.54. The molecule has 0 bridgehead atoms. The number of nitrogens with two attached hydrogens (primary N) is 1. The summed E-state index contributed by atoms with van der Waals surface area (Å²) in [5, 5.41) is 0.788. The van der Waals surface area contributed by atoms with Crippen LogP contribution in [0.2, 0.25) is 0 Å². The van der Waals surface area contributed by atoms with Crippen LogP contribution in [-0.2, 0) is 11.8 Å². The number of carbonyl (C=O) groups is 1. The summed E-state index contributed by atoms with van der Waals surface area (Å²) in [6, 6.07) is 1.72. The van der Waals surface area contributed by atoms with Crippen molar-refractivity contribution in [3.05, 3.63) is 28.5 Å². The van der Waals surface area contributed by atoms with Gasteiger partial charge in [-0.25, -0.2) is 14.3 Å². The minimum absolute atomic E-state index is 0.337. The molecule has 0 aliphatic carbocycles. The molecule has 6 heteroatoms. The lowest BCUT2D eigenvalue weighted by Gasteiger charge is -2.06. The van der Waals surface area contributed by atoms with Crippen molar-refractivity contribution in [3.8, 4) is 0 Å². The van der Waals surface area contributed by atoms with E-state index in [2.05, 4.69) is 20.9 Å². The van der Waals surface area contributed by atoms with Gasteiger partial charge >= 0.3 is 5.97 Å². The van der Waals surface area contributed by atoms with Crippen LogP contribution in [-0.4, -0.2) is 17.6 Å². The molecule has 0 aromatic carbocycles. The zero-order chi connectivity index (χ0) is 13.3. The number of carbonyl (C=O) groups excluding carboxylic acids is 1. The number of fused-ring (bicyclic) bond motifs is 1. The Labute approximate surface area is 113 Å². The van der Waals surface area contributed by atoms with Gasteiger partial charge < -0.3 is 4.74 Å². The molecule has 0 saturated carbocycles. The Morgan fingerprint density at radius 3 is 3.00 bits per heavy atom. The highest BCUT2D eigenvalue weighted by Gasteiger charge is 2.15. The minimum Gasteiger partial charge on any atom is -0.462 e. The number of ether oxygens (including phenoxy) is 1. The molecule has 0 amide bonds. The molecular weight excluding hydrogens is 298 g/mol. The molecule has 2 heterocycles. The Morgan fingerprint density at radius 1 is 1.61 bits per heavy atom. The number of nitrogens with zero attached hydrogens (tertiary/aromatic N) is 2. The van der Waals surface area contributed by atoms with E-state index >= 15 is 0 Å². The van der Waals surface area contributed by atoms with Crippen molar-refractivity contribution in [3.63, 3.8) is 0 Å². The molecule has 2 aromatic heterocycles. The zero-order valence-corrected chi connectivity index (χ0v) is 11.7. The molecule has 0 aliphatic rings. The van der Waals surface area contributed by atoms with Crippen LogP contribution in [0.1, 0.15) is 17.3 Å². The van der Waals surface area contributed by atoms with Crippen LogP contribution >= 0.6 is 15.9 Å². The fraction of sp³-hybridized carbons (Fsp3) is 0.250. The molecule has 94 valence electrons. The van der Waals surface area contributed by atoms with Gasteiger partial charge in [0, 0.05) is 11.6 Å². The van der Waals surface area contributed by atoms with Crippen LogP contribution < -0.4 is 10.3 Å². The number of hydrogen-bond donors (Lipinski definition) is 1. The number of nitrogen functional groups attached to an aromatic ring is 1. The molecule has 0 fully saturated rings. The highest BCUT2D eigenvalue weighted by molar-refractivity contribution is 9.10. The second-order valence-corrected chi connectivity index (χ2v) is 4.67. The lowest BCUT2D eigenvalue weighted by molar-refractivity contribution is -0.656. The summed E-state index contributed by atoms with van der Waals surface area (Å²) in [6.45, 7) is 2.10. The van der Waals surface area contributed by atoms with E-state index in [9.17, 15) is 4.79 Å². The van der Waals surface area contributed by atoms with Crippen molar-refractivity contribution in [1.29, 1.82) is 0 Å². The van der Waals surface area contributed by atoms with E-state index in [1.807, 2.05) is 13.2 Å². The molecular formula is C12H13BrN3O2+. The van der Waals surface area contributed by atoms with Crippen LogP contribution in [0, 0.1) is 0 Å². The summed E-state index contributed by atoms with van der Waals surface area (Å²) in [7, 11) is 1.83. The van der Waals surface area contributed by atoms with Gasteiger partial charge in [-0.2, -0.15) is 0 Å². The van der Waals surface area contributed by atoms with Gasteiger partial charge in [-0.3, -0.25) is 5.73 Å². The van der Waals surface area contributed by atoms with E-state index in [0.717, 1.165) is 9.86 Å². The van der Waals surface area contributed by atoms with Gasteiger partial charge in [0.15, 0.2) is 5.52 Å². The fourth-order valence-corrected chi connectivity index (χ4v) is 2.26. The maximum absolute atomic E-state index is 11.6. The maximum atomic E-state index is 11.6. The first kappa shape index (κ1) is 12.8. The first-order valence-electron chi connectivity index (χ1n) is 5.45. The zero-order valence-electron chi connectivity index (χ0n) is 10.1. The van der Waals surface area contributed by atoms with Crippen molar-refractivity contribution in [1.82, 2.24) is 4.98 Å². The molecule has 18 heavy (non-hydrogen) atoms. The molecule has 0 unspecified atom stereocenters. The van der Waals surface area contributed by atoms with Crippen molar-refractivity contribution in [2.45, 2.75) is 6.92 Å². The first-order valence-corrected chi connectivity index (χ1v) is 6.24. The predicted molar refractivity (Wildman–Crippen MR) is 71.0 cm³/mol. The van der Waals surface area contributed by atoms with Crippen molar-refractivity contribution in [2.75, 3.05) is 12.3 Å². The lowest BCUT2D eigenvalue weighted by Crippen LogP contribution is -2.32. The quantitative estimate of drug-likeness (QED) is 0.675. The van der Waals surface area contributed by atoms with Gasteiger partial charge in [0.2, 0.25) is 0 Å². The Kier molecular flexibility index (Phi) is 3.47. The molecule has 0 radical (unpaired) electrons. The third-order valence-corrected chi connectivity index (χ3v) is 3.22. The average molecular weight is 311 g/mol. The van der Waals surface area contributed by atoms with Crippen molar-refractivity contribution < 1.29 is 14.1 Å². The van der Waals surface area contributed by atoms with E-state index in [1.165, 1.54) is 6.20 Å². The van der Waals surface area contributed by atoms with E-state index in [1.54, 1.807) is 17.6 Å². The average Bonchev–Trinajstić information content (AvgIpc) is 2.36. The van der Waals surface area contributed by atoms with E-state index in [4.69, 9.17) is 10.5 Å². The minimum atomic E-state index is -0.384. The molecule has 2 aromatic rings. The van der Waals surface area contributed by atoms with Crippen molar-refractivity contribution in [2.24, 2.45) is 7.05 Å². The second-order valence-electron chi connectivity index (χ2n) is 3.81. The molecule has 0 spiro atoms. The van der Waals surface area contributed by atoms with Crippen LogP contribution in [0.3, 0.4) is 0 Å². The third kappa shape index (κ3) is 2.15. The lowest BCUT2D eigenvalue weighted by atomic mass is 10.2. The van der Waals surface area contributed by atoms with Crippen LogP contribution in [0.5, 0.6) is 0 Å². The van der Waals surface area contributed by atoms with Crippen LogP contribution in [0.15, 0.2) is 22.9 Å². The normalized spacial score (nSPS) is 10.6. The number of anilines is 1. The SMILES string of the molecule is CCOC(=O)c1cnc2c(N)[n+](C)cc(Br)c2c1. The Morgan fingerprint density at radius 2 is 2.33 bits per heavy atom. The van der Waals surface area contributed by atoms with E-state index in [-0.39, 0.29) is 5.97 Å². The highest BCUT2D eigenvalue weighted by atomic mass is 79.9. The summed E-state index contributed by atoms with van der Waals surface area (Å²) in [5.41, 5.74) is 7.00. The van der Waals surface area contributed by atoms with Gasteiger partial charge in [-0.15, -0.1) is 0 Å². The largest absolute Gasteiger partial charge is 0.462 e. The number of halogens is 1. The third-order valence-electron chi connectivity index (χ3n) is 2.59. The van der Waals surface area contributed by atoms with Gasteiger partial charge in [0.25, 0.3) is 5.82 Å². The number of aryl methyl sites for hydroxylation is 1. The summed E-state index contributed by atoms with van der Waals surface area (Å²) in [5.74, 6) is 0.161. The van der Waals surface area contributed by atoms with Gasteiger partial charge in [0.1, 0.15) is 6.20 Å². The molecule has 0 aliphatic heterocycles. The highest BCUT2D eigenvalue weighted by Crippen LogP contribution is 2.24. The second kappa shape index (κ2) is 4.89. The number of pyridine rings is 2. The Balaban J connectivity index is 2.62. The predicted octanol–water partition coefficient (Wildman–Crippen LogP) is 1.58. The summed E-state index contributed by atoms with van der Waals surface area (Å²) >= 11 is 3.44. The molecule has 5 nitrogen and oxygen atoms in total. The van der Waals surface area contributed by atoms with E-state index in [0.29, 0.717) is 23.5 Å². The van der Waals surface area contributed by atoms with Crippen LogP contribution in [0.4, 0.5) is 5.82 Å². The number of esters is 1. The van der Waals surface area contributed by atoms with Gasteiger partial charge in [0.05, 0.1) is 23.7 Å². The number of hydrogen-bond acceptors (Lipinski definition) is 4. The summed E-state index contributed by atoms with van der Waals surface area (Å²) in [6.07, 6.45) is 3.30. The summed E-state index contributed by atoms with van der Waals surface area (Å²) in [4.78, 5) is 15.9. The Hall–Kier alpha value is -1.69. The maximum Gasteiger partial charge on any atom is 0.339 e.